The van der Waals surface area contributed by atoms with E-state index in [2.05, 4.69) is 13.2 Å². The highest BCUT2D eigenvalue weighted by Gasteiger charge is 2.54. The number of ether oxygens (including phenoxy) is 3. The van der Waals surface area contributed by atoms with Gasteiger partial charge >= 0.3 is 11.9 Å². The van der Waals surface area contributed by atoms with Crippen molar-refractivity contribution in [2.75, 3.05) is 13.2 Å². The Bertz CT molecular complexity index is 533. The molecule has 2 rings (SSSR count). The van der Waals surface area contributed by atoms with Crippen molar-refractivity contribution in [2.45, 2.75) is 61.3 Å². The zero-order valence-corrected chi connectivity index (χ0v) is 15.0. The second kappa shape index (κ2) is 8.59. The van der Waals surface area contributed by atoms with Gasteiger partial charge in [0.2, 0.25) is 0 Å². The lowest BCUT2D eigenvalue weighted by molar-refractivity contribution is -0.200. The Morgan fingerprint density at radius 1 is 0.963 bits per heavy atom. The molecular formula is C18H26O9. The van der Waals surface area contributed by atoms with Crippen molar-refractivity contribution in [2.24, 2.45) is 0 Å². The molecule has 2 saturated heterocycles. The average Bonchev–Trinajstić information content (AvgIpc) is 3.52. The molecule has 27 heavy (non-hydrogen) atoms. The maximum atomic E-state index is 12.5. The number of carbonyl (C=O) groups is 2. The van der Waals surface area contributed by atoms with Crippen LogP contribution in [0.5, 0.6) is 0 Å². The lowest BCUT2D eigenvalue weighted by Gasteiger charge is -2.33. The summed E-state index contributed by atoms with van der Waals surface area (Å²) in [5, 5.41) is 41.6. The highest BCUT2D eigenvalue weighted by atomic mass is 16.6. The molecule has 0 aromatic rings. The molecule has 0 bridgehead atoms. The number of hydrogen-bond donors (Lipinski definition) is 4. The summed E-state index contributed by atoms with van der Waals surface area (Å²) in [7, 11) is 0. The zero-order valence-electron chi connectivity index (χ0n) is 15.0. The van der Waals surface area contributed by atoms with E-state index in [9.17, 15) is 30.0 Å². The lowest BCUT2D eigenvalue weighted by atomic mass is 9.87. The first-order chi connectivity index (χ1) is 12.7. The van der Waals surface area contributed by atoms with E-state index in [0.29, 0.717) is 13.2 Å². The van der Waals surface area contributed by atoms with Crippen molar-refractivity contribution in [3.05, 3.63) is 25.3 Å². The number of epoxide rings is 2. The van der Waals surface area contributed by atoms with Crippen LogP contribution in [0.2, 0.25) is 0 Å². The monoisotopic (exact) mass is 386 g/mol. The molecule has 9 heteroatoms. The van der Waals surface area contributed by atoms with E-state index < -0.39 is 47.6 Å². The predicted molar refractivity (Wildman–Crippen MR) is 91.4 cm³/mol. The highest BCUT2D eigenvalue weighted by Crippen LogP contribution is 2.32. The molecule has 2 fully saturated rings. The van der Waals surface area contributed by atoms with Crippen LogP contribution in [0, 0.1) is 0 Å². The fraction of sp³-hybridized carbons (Fsp3) is 0.667. The molecule has 9 nitrogen and oxygen atoms in total. The molecule has 0 amide bonds. The van der Waals surface area contributed by atoms with Gasteiger partial charge in [-0.25, -0.2) is 9.59 Å². The SMILES string of the molecule is C=CCC(O)C(O)(CC1CO1)C(=O)OC(=O)C(O)(CC1CO1)C(O)CC=C. The maximum absolute atomic E-state index is 12.5. The molecule has 4 N–H and O–H groups in total. The minimum absolute atomic E-state index is 0.133. The van der Waals surface area contributed by atoms with Gasteiger partial charge in [-0.1, -0.05) is 12.2 Å². The Balaban J connectivity index is 2.15. The Hall–Kier alpha value is -1.62. The summed E-state index contributed by atoms with van der Waals surface area (Å²) < 4.78 is 14.7. The maximum Gasteiger partial charge on any atom is 0.348 e. The van der Waals surface area contributed by atoms with Crippen molar-refractivity contribution in [1.82, 2.24) is 0 Å². The van der Waals surface area contributed by atoms with Crippen LogP contribution >= 0.6 is 0 Å². The molecule has 0 aliphatic carbocycles. The van der Waals surface area contributed by atoms with Crippen molar-refractivity contribution >= 4 is 11.9 Å². The molecule has 6 unspecified atom stereocenters. The topological polar surface area (TPSA) is 149 Å². The van der Waals surface area contributed by atoms with E-state index in [4.69, 9.17) is 14.2 Å². The number of esters is 2. The van der Waals surface area contributed by atoms with Gasteiger partial charge in [-0.2, -0.15) is 0 Å². The van der Waals surface area contributed by atoms with Crippen LogP contribution in [0.25, 0.3) is 0 Å². The number of carbonyl (C=O) groups excluding carboxylic acids is 2. The van der Waals surface area contributed by atoms with E-state index >= 15 is 0 Å². The molecule has 0 aromatic heterocycles. The third-order valence-corrected chi connectivity index (χ3v) is 4.66. The Labute approximate surface area is 156 Å². The van der Waals surface area contributed by atoms with Crippen molar-refractivity contribution < 1.29 is 44.2 Å². The molecule has 2 aliphatic heterocycles. The van der Waals surface area contributed by atoms with Crippen LogP contribution in [0.4, 0.5) is 0 Å². The Morgan fingerprint density at radius 3 is 1.56 bits per heavy atom. The van der Waals surface area contributed by atoms with Crippen LogP contribution in [0.15, 0.2) is 25.3 Å². The third-order valence-electron chi connectivity index (χ3n) is 4.66. The number of hydrogen-bond acceptors (Lipinski definition) is 9. The van der Waals surface area contributed by atoms with E-state index in [1.54, 1.807) is 0 Å². The van der Waals surface area contributed by atoms with E-state index in [1.165, 1.54) is 12.2 Å². The smallest absolute Gasteiger partial charge is 0.348 e. The van der Waals surface area contributed by atoms with Crippen LogP contribution in [0.3, 0.4) is 0 Å². The second-order valence-electron chi connectivity index (χ2n) is 6.92. The Morgan fingerprint density at radius 2 is 1.30 bits per heavy atom. The quantitative estimate of drug-likeness (QED) is 0.143. The zero-order chi connectivity index (χ0) is 20.2. The normalized spacial score (nSPS) is 27.4. The summed E-state index contributed by atoms with van der Waals surface area (Å²) in [4.78, 5) is 25.0. The van der Waals surface area contributed by atoms with Crippen molar-refractivity contribution in [3.63, 3.8) is 0 Å². The minimum atomic E-state index is -2.43. The summed E-state index contributed by atoms with van der Waals surface area (Å²) in [6.45, 7) is 7.46. The fourth-order valence-corrected chi connectivity index (χ4v) is 2.74. The first-order valence-corrected chi connectivity index (χ1v) is 8.70. The van der Waals surface area contributed by atoms with Gasteiger partial charge < -0.3 is 34.6 Å². The van der Waals surface area contributed by atoms with E-state index in [1.807, 2.05) is 0 Å². The van der Waals surface area contributed by atoms with Crippen molar-refractivity contribution in [1.29, 1.82) is 0 Å². The van der Waals surface area contributed by atoms with Gasteiger partial charge in [0.05, 0.1) is 37.6 Å². The highest BCUT2D eigenvalue weighted by molar-refractivity contribution is 5.94. The summed E-state index contributed by atoms with van der Waals surface area (Å²) in [5.74, 6) is -2.86. The van der Waals surface area contributed by atoms with Crippen LogP contribution in [-0.2, 0) is 23.8 Å². The third kappa shape index (κ3) is 5.22. The van der Waals surface area contributed by atoms with Gasteiger partial charge in [-0.15, -0.1) is 13.2 Å². The lowest BCUT2D eigenvalue weighted by Crippen LogP contribution is -2.56. The summed E-state index contributed by atoms with van der Waals surface area (Å²) in [6.07, 6.45) is -2.32. The number of rotatable bonds is 12. The van der Waals surface area contributed by atoms with Gasteiger partial charge in [0.15, 0.2) is 11.2 Å². The van der Waals surface area contributed by atoms with Crippen LogP contribution in [0.1, 0.15) is 25.7 Å². The minimum Gasteiger partial charge on any atom is -0.389 e. The van der Waals surface area contributed by atoms with Crippen LogP contribution < -0.4 is 0 Å². The molecule has 152 valence electrons. The summed E-state index contributed by atoms with van der Waals surface area (Å²) >= 11 is 0. The van der Waals surface area contributed by atoms with Gasteiger partial charge in [0.25, 0.3) is 0 Å². The molecule has 0 saturated carbocycles. The number of aliphatic hydroxyl groups excluding tert-OH is 2. The fourth-order valence-electron chi connectivity index (χ4n) is 2.74. The molecule has 2 aliphatic rings. The van der Waals surface area contributed by atoms with E-state index in [-0.39, 0.29) is 25.7 Å². The van der Waals surface area contributed by atoms with Gasteiger partial charge in [-0.05, 0) is 12.8 Å². The largest absolute Gasteiger partial charge is 0.389 e. The predicted octanol–water partition coefficient (Wildman–Crippen LogP) is -1.03. The molecule has 0 radical (unpaired) electrons. The average molecular weight is 386 g/mol. The van der Waals surface area contributed by atoms with Crippen molar-refractivity contribution in [3.8, 4) is 0 Å². The van der Waals surface area contributed by atoms with E-state index in [0.717, 1.165) is 0 Å². The first-order valence-electron chi connectivity index (χ1n) is 8.70. The molecule has 6 atom stereocenters. The number of aliphatic hydroxyl groups is 4. The first kappa shape index (κ1) is 21.7. The molecule has 2 heterocycles. The molecule has 0 aromatic carbocycles. The molecule has 0 spiro atoms. The summed E-state index contributed by atoms with van der Waals surface area (Å²) in [6, 6.07) is 0. The van der Waals surface area contributed by atoms with Crippen LogP contribution in [-0.4, -0.2) is 81.2 Å². The summed E-state index contributed by atoms with van der Waals surface area (Å²) in [5.41, 5.74) is -4.85. The standard InChI is InChI=1S/C18H26O9/c1-3-5-13(19)17(23,7-11-9-25-11)15(21)27-16(22)18(24,8-12-10-26-12)14(20)6-4-2/h3-4,11-14,19-20,23-24H,1-2,5-10H2. The molecular weight excluding hydrogens is 360 g/mol. The van der Waals surface area contributed by atoms with Gasteiger partial charge in [0, 0.05) is 12.8 Å². The Kier molecular flexibility index (Phi) is 6.90. The second-order valence-corrected chi connectivity index (χ2v) is 6.92. The van der Waals surface area contributed by atoms with Gasteiger partial charge in [-0.3, -0.25) is 0 Å². The van der Waals surface area contributed by atoms with Gasteiger partial charge in [0.1, 0.15) is 0 Å².